The molecule has 0 aliphatic carbocycles. The predicted molar refractivity (Wildman–Crippen MR) is 103 cm³/mol. The molecule has 2 unspecified atom stereocenters. The second-order valence-corrected chi connectivity index (χ2v) is 8.32. The van der Waals surface area contributed by atoms with Crippen LogP contribution in [-0.2, 0) is 15.0 Å². The van der Waals surface area contributed by atoms with Gasteiger partial charge < -0.3 is 20.8 Å². The Morgan fingerprint density at radius 2 is 1.56 bits per heavy atom. The first-order valence-electron chi connectivity index (χ1n) is 8.90. The van der Waals surface area contributed by atoms with E-state index in [0.717, 1.165) is 12.5 Å². The number of carbonyl (C=O) groups excluding carboxylic acids is 2. The van der Waals surface area contributed by atoms with Gasteiger partial charge in [-0.15, -0.1) is 0 Å². The third kappa shape index (κ3) is 6.36. The monoisotopic (exact) mass is 378 g/mol. The van der Waals surface area contributed by atoms with Crippen molar-refractivity contribution < 1.29 is 24.6 Å². The van der Waals surface area contributed by atoms with E-state index in [0.29, 0.717) is 5.56 Å². The van der Waals surface area contributed by atoms with Gasteiger partial charge in [0.2, 0.25) is 5.91 Å². The molecule has 2 amide bonds. The zero-order valence-corrected chi connectivity index (χ0v) is 16.8. The van der Waals surface area contributed by atoms with Crippen molar-refractivity contribution in [3.8, 4) is 0 Å². The van der Waals surface area contributed by atoms with E-state index < -0.39 is 36.0 Å². The Hall–Kier alpha value is -2.41. The van der Waals surface area contributed by atoms with Crippen LogP contribution in [0.25, 0.3) is 0 Å². The van der Waals surface area contributed by atoms with Crippen molar-refractivity contribution in [1.82, 2.24) is 10.6 Å². The molecule has 1 aromatic rings. The minimum absolute atomic E-state index is 0.0313. The number of amides is 2. The van der Waals surface area contributed by atoms with Gasteiger partial charge in [-0.3, -0.25) is 9.59 Å². The molecular formula is C20H30N2O5. The molecule has 7 heteroatoms. The van der Waals surface area contributed by atoms with Crippen LogP contribution in [0.4, 0.5) is 0 Å². The second-order valence-electron chi connectivity index (χ2n) is 8.32. The molecule has 0 bridgehead atoms. The molecule has 27 heavy (non-hydrogen) atoms. The van der Waals surface area contributed by atoms with E-state index in [1.807, 2.05) is 12.1 Å². The summed E-state index contributed by atoms with van der Waals surface area (Å²) in [6.45, 7) is 10.4. The van der Waals surface area contributed by atoms with Gasteiger partial charge in [0.25, 0.3) is 5.91 Å². The van der Waals surface area contributed by atoms with Crippen molar-refractivity contribution in [1.29, 1.82) is 0 Å². The van der Waals surface area contributed by atoms with Crippen LogP contribution < -0.4 is 10.6 Å². The Morgan fingerprint density at radius 1 is 1.04 bits per heavy atom. The zero-order valence-electron chi connectivity index (χ0n) is 16.8. The van der Waals surface area contributed by atoms with Gasteiger partial charge in [0, 0.05) is 5.56 Å². The van der Waals surface area contributed by atoms with Crippen LogP contribution in [0.2, 0.25) is 0 Å². The molecular weight excluding hydrogens is 348 g/mol. The van der Waals surface area contributed by atoms with Crippen LogP contribution >= 0.6 is 0 Å². The molecule has 7 nitrogen and oxygen atoms in total. The molecule has 0 saturated carbocycles. The Bertz CT molecular complexity index is 687. The third-order valence-electron chi connectivity index (χ3n) is 4.32. The minimum atomic E-state index is -2.08. The van der Waals surface area contributed by atoms with Gasteiger partial charge in [-0.2, -0.15) is 0 Å². The molecule has 4 N–H and O–H groups in total. The van der Waals surface area contributed by atoms with Gasteiger partial charge >= 0.3 is 5.97 Å². The summed E-state index contributed by atoms with van der Waals surface area (Å²) in [5.74, 6) is -2.61. The van der Waals surface area contributed by atoms with Gasteiger partial charge in [-0.1, -0.05) is 46.8 Å². The molecule has 0 fully saturated rings. The fourth-order valence-corrected chi connectivity index (χ4v) is 2.33. The summed E-state index contributed by atoms with van der Waals surface area (Å²) >= 11 is 0. The highest BCUT2D eigenvalue weighted by molar-refractivity contribution is 5.97. The van der Waals surface area contributed by atoms with Gasteiger partial charge in [0.05, 0.1) is 6.54 Å². The van der Waals surface area contributed by atoms with Crippen molar-refractivity contribution in [2.75, 3.05) is 6.54 Å². The van der Waals surface area contributed by atoms with Crippen LogP contribution in [0.3, 0.4) is 0 Å². The molecule has 0 spiro atoms. The highest BCUT2D eigenvalue weighted by Crippen LogP contribution is 2.22. The summed E-state index contributed by atoms with van der Waals surface area (Å²) in [5.41, 5.74) is -0.590. The SMILES string of the molecule is CC(C)C(NC(=O)c1ccc(C(C)(C)C)cc1)C(=O)NCC(C)(O)C(=O)O. The lowest BCUT2D eigenvalue weighted by Crippen LogP contribution is -2.54. The lowest BCUT2D eigenvalue weighted by atomic mass is 9.86. The molecule has 150 valence electrons. The predicted octanol–water partition coefficient (Wildman–Crippen LogP) is 1.69. The Morgan fingerprint density at radius 3 is 1.96 bits per heavy atom. The summed E-state index contributed by atoms with van der Waals surface area (Å²) < 4.78 is 0. The molecule has 0 heterocycles. The average Bonchev–Trinajstić information content (AvgIpc) is 2.56. The largest absolute Gasteiger partial charge is 0.479 e. The second kappa shape index (κ2) is 8.52. The van der Waals surface area contributed by atoms with Crippen LogP contribution in [-0.4, -0.2) is 46.2 Å². The van der Waals surface area contributed by atoms with E-state index >= 15 is 0 Å². The molecule has 0 saturated heterocycles. The number of nitrogens with one attached hydrogen (secondary N) is 2. The Labute approximate surface area is 160 Å². The Kier molecular flexibility index (Phi) is 7.14. The normalized spacial score (nSPS) is 15.0. The first kappa shape index (κ1) is 22.6. The van der Waals surface area contributed by atoms with Crippen LogP contribution in [0.5, 0.6) is 0 Å². The summed E-state index contributed by atoms with van der Waals surface area (Å²) in [5, 5.41) is 23.7. The maximum Gasteiger partial charge on any atom is 0.337 e. The molecule has 0 aromatic heterocycles. The molecule has 1 aromatic carbocycles. The van der Waals surface area contributed by atoms with Gasteiger partial charge in [0.1, 0.15) is 6.04 Å². The van der Waals surface area contributed by atoms with Gasteiger partial charge in [0.15, 0.2) is 5.60 Å². The number of hydrogen-bond donors (Lipinski definition) is 4. The molecule has 2 atom stereocenters. The van der Waals surface area contributed by atoms with Crippen molar-refractivity contribution in [3.05, 3.63) is 35.4 Å². The summed E-state index contributed by atoms with van der Waals surface area (Å²) in [6, 6.07) is 6.32. The number of aliphatic hydroxyl groups is 1. The van der Waals surface area contributed by atoms with E-state index in [2.05, 4.69) is 31.4 Å². The first-order valence-corrected chi connectivity index (χ1v) is 8.90. The quantitative estimate of drug-likeness (QED) is 0.576. The summed E-state index contributed by atoms with van der Waals surface area (Å²) in [6.07, 6.45) is 0. The van der Waals surface area contributed by atoms with Crippen molar-refractivity contribution in [2.24, 2.45) is 5.92 Å². The van der Waals surface area contributed by atoms with E-state index in [1.165, 1.54) is 0 Å². The number of aliphatic carboxylic acids is 1. The number of hydrogen-bond acceptors (Lipinski definition) is 4. The van der Waals surface area contributed by atoms with Gasteiger partial charge in [-0.25, -0.2) is 4.79 Å². The topological polar surface area (TPSA) is 116 Å². The lowest BCUT2D eigenvalue weighted by Gasteiger charge is -2.24. The summed E-state index contributed by atoms with van der Waals surface area (Å²) in [7, 11) is 0. The summed E-state index contributed by atoms with van der Waals surface area (Å²) in [4.78, 5) is 35.8. The number of benzene rings is 1. The van der Waals surface area contributed by atoms with Crippen LogP contribution in [0, 0.1) is 5.92 Å². The standard InChI is InChI=1S/C20H30N2O5/c1-12(2)15(17(24)21-11-20(6,27)18(25)26)22-16(23)13-7-9-14(10-8-13)19(3,4)5/h7-10,12,15,27H,11H2,1-6H3,(H,21,24)(H,22,23)(H,25,26). The molecule has 1 rings (SSSR count). The van der Waals surface area contributed by atoms with E-state index in [-0.39, 0.29) is 11.3 Å². The van der Waals surface area contributed by atoms with Crippen molar-refractivity contribution in [2.45, 2.75) is 58.6 Å². The number of rotatable bonds is 7. The average molecular weight is 378 g/mol. The maximum atomic E-state index is 12.5. The minimum Gasteiger partial charge on any atom is -0.479 e. The van der Waals surface area contributed by atoms with Crippen LogP contribution in [0.15, 0.2) is 24.3 Å². The molecule has 0 aliphatic heterocycles. The van der Waals surface area contributed by atoms with Crippen molar-refractivity contribution in [3.63, 3.8) is 0 Å². The fourth-order valence-electron chi connectivity index (χ4n) is 2.33. The van der Waals surface area contributed by atoms with Crippen molar-refractivity contribution >= 4 is 17.8 Å². The number of carboxylic acid groups (broad SMARTS) is 1. The zero-order chi connectivity index (χ0) is 21.0. The van der Waals surface area contributed by atoms with E-state index in [1.54, 1.807) is 26.0 Å². The van der Waals surface area contributed by atoms with Crippen LogP contribution in [0.1, 0.15) is 57.5 Å². The Balaban J connectivity index is 2.83. The molecule has 0 radical (unpaired) electrons. The van der Waals surface area contributed by atoms with Gasteiger partial charge in [-0.05, 0) is 36.0 Å². The molecule has 0 aliphatic rings. The third-order valence-corrected chi connectivity index (χ3v) is 4.32. The van der Waals surface area contributed by atoms with E-state index in [4.69, 9.17) is 5.11 Å². The highest BCUT2D eigenvalue weighted by atomic mass is 16.4. The van der Waals surface area contributed by atoms with E-state index in [9.17, 15) is 19.5 Å². The number of carboxylic acids is 1. The smallest absolute Gasteiger partial charge is 0.337 e. The first-order chi connectivity index (χ1) is 12.3. The highest BCUT2D eigenvalue weighted by Gasteiger charge is 2.32. The lowest BCUT2D eigenvalue weighted by molar-refractivity contribution is -0.156. The fraction of sp³-hybridized carbons (Fsp3) is 0.550. The maximum absolute atomic E-state index is 12.5. The number of carbonyl (C=O) groups is 3.